The van der Waals surface area contributed by atoms with Crippen molar-refractivity contribution in [3.63, 3.8) is 0 Å². The highest BCUT2D eigenvalue weighted by atomic mass is 32.2. The Morgan fingerprint density at radius 1 is 1.33 bits per heavy atom. The maximum Gasteiger partial charge on any atom is 0.228 e. The second-order valence-corrected chi connectivity index (χ2v) is 7.64. The van der Waals surface area contributed by atoms with Crippen LogP contribution in [0.4, 0.5) is 5.82 Å². The van der Waals surface area contributed by atoms with Crippen LogP contribution in [0.2, 0.25) is 0 Å². The molecule has 1 amide bonds. The van der Waals surface area contributed by atoms with E-state index in [0.717, 1.165) is 18.7 Å². The van der Waals surface area contributed by atoms with Crippen molar-refractivity contribution in [3.05, 3.63) is 12.3 Å². The minimum absolute atomic E-state index is 0.0524. The van der Waals surface area contributed by atoms with E-state index < -0.39 is 10.0 Å². The van der Waals surface area contributed by atoms with Crippen LogP contribution >= 0.6 is 0 Å². The molecule has 2 heterocycles. The molecule has 1 saturated heterocycles. The van der Waals surface area contributed by atoms with Crippen molar-refractivity contribution in [1.29, 1.82) is 0 Å². The molecule has 0 aromatic carbocycles. The van der Waals surface area contributed by atoms with Crippen LogP contribution < -0.4 is 10.0 Å². The zero-order chi connectivity index (χ0) is 15.0. The summed E-state index contributed by atoms with van der Waals surface area (Å²) in [5, 5.41) is 9.44. The molecule has 2 fully saturated rings. The van der Waals surface area contributed by atoms with E-state index >= 15 is 0 Å². The number of primary sulfonamides is 1. The van der Waals surface area contributed by atoms with E-state index in [1.807, 2.05) is 10.7 Å². The highest BCUT2D eigenvalue weighted by Gasteiger charge is 2.35. The lowest BCUT2D eigenvalue weighted by Crippen LogP contribution is -2.29. The number of anilines is 1. The lowest BCUT2D eigenvalue weighted by molar-refractivity contribution is -0.117. The van der Waals surface area contributed by atoms with Crippen molar-refractivity contribution in [2.75, 3.05) is 17.2 Å². The van der Waals surface area contributed by atoms with Crippen LogP contribution in [-0.4, -0.2) is 36.4 Å². The molecule has 1 saturated carbocycles. The number of carbonyl (C=O) groups is 1. The Kier molecular flexibility index (Phi) is 3.75. The van der Waals surface area contributed by atoms with E-state index in [9.17, 15) is 13.2 Å². The van der Waals surface area contributed by atoms with Gasteiger partial charge < -0.3 is 0 Å². The Morgan fingerprint density at radius 2 is 2.05 bits per heavy atom. The minimum atomic E-state index is -3.55. The summed E-state index contributed by atoms with van der Waals surface area (Å²) in [4.78, 5) is 13.8. The molecule has 1 aliphatic carbocycles. The maximum atomic E-state index is 12.2. The summed E-state index contributed by atoms with van der Waals surface area (Å²) < 4.78 is 24.3. The van der Waals surface area contributed by atoms with Gasteiger partial charge in [-0.2, -0.15) is 5.10 Å². The zero-order valence-electron chi connectivity index (χ0n) is 11.8. The zero-order valence-corrected chi connectivity index (χ0v) is 12.6. The number of nitrogens with two attached hydrogens (primary N) is 1. The highest BCUT2D eigenvalue weighted by Crippen LogP contribution is 2.34. The van der Waals surface area contributed by atoms with E-state index in [1.165, 1.54) is 12.8 Å². The molecule has 1 atom stereocenters. The maximum absolute atomic E-state index is 12.2. The van der Waals surface area contributed by atoms with Crippen molar-refractivity contribution in [3.8, 4) is 0 Å². The Balaban J connectivity index is 1.78. The van der Waals surface area contributed by atoms with Gasteiger partial charge in [-0.1, -0.05) is 12.8 Å². The van der Waals surface area contributed by atoms with Gasteiger partial charge in [0.15, 0.2) is 0 Å². The number of aromatic nitrogens is 2. The van der Waals surface area contributed by atoms with Gasteiger partial charge in [-0.15, -0.1) is 0 Å². The van der Waals surface area contributed by atoms with E-state index in [4.69, 9.17) is 5.14 Å². The van der Waals surface area contributed by atoms with Crippen LogP contribution in [0.5, 0.6) is 0 Å². The van der Waals surface area contributed by atoms with E-state index in [2.05, 4.69) is 5.10 Å². The summed E-state index contributed by atoms with van der Waals surface area (Å²) in [6.45, 7) is 0.397. The smallest absolute Gasteiger partial charge is 0.228 e. The molecule has 21 heavy (non-hydrogen) atoms. The fourth-order valence-electron chi connectivity index (χ4n) is 3.39. The monoisotopic (exact) mass is 312 g/mol. The molecule has 1 aromatic rings. The number of carbonyl (C=O) groups excluding carboxylic acids is 1. The van der Waals surface area contributed by atoms with E-state index in [-0.39, 0.29) is 24.0 Å². The Bertz CT molecular complexity index is 634. The normalized spacial score (nSPS) is 24.1. The molecule has 0 bridgehead atoms. The van der Waals surface area contributed by atoms with Gasteiger partial charge in [0.25, 0.3) is 0 Å². The van der Waals surface area contributed by atoms with Gasteiger partial charge in [-0.25, -0.2) is 18.2 Å². The standard InChI is InChI=1S/C13H20N4O3S/c14-21(19,20)9-10-7-13(18)16(8-10)12-5-6-15-17(12)11-3-1-2-4-11/h5-6,10-11H,1-4,7-9H2,(H2,14,19,20). The molecule has 3 rings (SSSR count). The van der Waals surface area contributed by atoms with Crippen molar-refractivity contribution < 1.29 is 13.2 Å². The first-order valence-corrected chi connectivity index (χ1v) is 9.00. The number of amides is 1. The predicted octanol–water partition coefficient (Wildman–Crippen LogP) is 0.640. The first-order valence-electron chi connectivity index (χ1n) is 7.28. The van der Waals surface area contributed by atoms with Crippen LogP contribution in [0, 0.1) is 5.92 Å². The molecule has 1 aromatic heterocycles. The van der Waals surface area contributed by atoms with Crippen LogP contribution in [-0.2, 0) is 14.8 Å². The Morgan fingerprint density at radius 3 is 2.71 bits per heavy atom. The van der Waals surface area contributed by atoms with Crippen molar-refractivity contribution in [2.24, 2.45) is 11.1 Å². The lowest BCUT2D eigenvalue weighted by Gasteiger charge is -2.21. The molecule has 116 valence electrons. The third kappa shape index (κ3) is 3.11. The largest absolute Gasteiger partial charge is 0.297 e. The molecular formula is C13H20N4O3S. The van der Waals surface area contributed by atoms with Gasteiger partial charge in [0, 0.05) is 24.9 Å². The van der Waals surface area contributed by atoms with Gasteiger partial charge in [0.05, 0.1) is 18.0 Å². The lowest BCUT2D eigenvalue weighted by atomic mass is 10.1. The first-order chi connectivity index (χ1) is 9.94. The summed E-state index contributed by atoms with van der Waals surface area (Å²) in [5.41, 5.74) is 0. The van der Waals surface area contributed by atoms with Crippen LogP contribution in [0.25, 0.3) is 0 Å². The van der Waals surface area contributed by atoms with Crippen molar-refractivity contribution in [1.82, 2.24) is 9.78 Å². The highest BCUT2D eigenvalue weighted by molar-refractivity contribution is 7.89. The molecule has 0 radical (unpaired) electrons. The minimum Gasteiger partial charge on any atom is -0.297 e. The van der Waals surface area contributed by atoms with Gasteiger partial charge >= 0.3 is 0 Å². The summed E-state index contributed by atoms with van der Waals surface area (Å²) in [6, 6.07) is 2.18. The Hall–Kier alpha value is -1.41. The number of hydrogen-bond acceptors (Lipinski definition) is 4. The van der Waals surface area contributed by atoms with Gasteiger partial charge in [-0.05, 0) is 12.8 Å². The Labute approximate surface area is 124 Å². The van der Waals surface area contributed by atoms with E-state index in [1.54, 1.807) is 11.1 Å². The molecule has 2 N–H and O–H groups in total. The molecule has 2 aliphatic rings. The third-order valence-corrected chi connectivity index (χ3v) is 5.21. The summed E-state index contributed by atoms with van der Waals surface area (Å²) in [7, 11) is -3.55. The second kappa shape index (κ2) is 5.42. The number of sulfonamides is 1. The SMILES string of the molecule is NS(=O)(=O)CC1CC(=O)N(c2ccnn2C2CCCC2)C1. The molecule has 8 heteroatoms. The number of rotatable bonds is 4. The van der Waals surface area contributed by atoms with Gasteiger partial charge in [-0.3, -0.25) is 9.69 Å². The van der Waals surface area contributed by atoms with Crippen LogP contribution in [0.3, 0.4) is 0 Å². The number of hydrogen-bond donors (Lipinski definition) is 1. The quantitative estimate of drug-likeness (QED) is 0.882. The van der Waals surface area contributed by atoms with Crippen LogP contribution in [0.15, 0.2) is 12.3 Å². The molecule has 0 spiro atoms. The number of nitrogens with zero attached hydrogens (tertiary/aromatic N) is 3. The van der Waals surface area contributed by atoms with E-state index in [0.29, 0.717) is 12.6 Å². The first kappa shape index (κ1) is 14.5. The van der Waals surface area contributed by atoms with Crippen molar-refractivity contribution >= 4 is 21.7 Å². The average Bonchev–Trinajstić information content (AvgIpc) is 3.05. The van der Waals surface area contributed by atoms with Crippen LogP contribution in [0.1, 0.15) is 38.1 Å². The molecule has 7 nitrogen and oxygen atoms in total. The summed E-state index contributed by atoms with van der Waals surface area (Å²) >= 11 is 0. The second-order valence-electron chi connectivity index (χ2n) is 5.98. The topological polar surface area (TPSA) is 98.3 Å². The van der Waals surface area contributed by atoms with Crippen molar-refractivity contribution in [2.45, 2.75) is 38.1 Å². The third-order valence-electron chi connectivity index (χ3n) is 4.27. The molecule has 1 unspecified atom stereocenters. The summed E-state index contributed by atoms with van der Waals surface area (Å²) in [5.74, 6) is 0.346. The summed E-state index contributed by atoms with van der Waals surface area (Å²) in [6.07, 6.45) is 6.47. The molecule has 1 aliphatic heterocycles. The predicted molar refractivity (Wildman–Crippen MR) is 78.2 cm³/mol. The fourth-order valence-corrected chi connectivity index (χ4v) is 4.27. The molecular weight excluding hydrogens is 292 g/mol. The fraction of sp³-hybridized carbons (Fsp3) is 0.692. The average molecular weight is 312 g/mol. The van der Waals surface area contributed by atoms with Gasteiger partial charge in [0.1, 0.15) is 5.82 Å². The van der Waals surface area contributed by atoms with Gasteiger partial charge in [0.2, 0.25) is 15.9 Å².